The fraction of sp³-hybridized carbons (Fsp3) is 0.318. The zero-order valence-corrected chi connectivity index (χ0v) is 16.6. The molecule has 1 heterocycles. The number of nitrogens with one attached hydrogen (secondary N) is 2. The highest BCUT2D eigenvalue weighted by atomic mass is 16.5. The Labute approximate surface area is 161 Å². The molecule has 1 amide bonds. The number of carbonyl (C=O) groups excluding carboxylic acids is 1. The van der Waals surface area contributed by atoms with Crippen LogP contribution in [0.4, 0.5) is 5.69 Å². The second kappa shape index (κ2) is 9.78. The number of rotatable bonds is 9. The van der Waals surface area contributed by atoms with Crippen LogP contribution in [-0.4, -0.2) is 37.0 Å². The molecule has 1 aromatic heterocycles. The van der Waals surface area contributed by atoms with Gasteiger partial charge < -0.3 is 19.9 Å². The maximum Gasteiger partial charge on any atom is 0.224 e. The Bertz CT molecular complexity index is 819. The highest BCUT2D eigenvalue weighted by Crippen LogP contribution is 2.26. The van der Waals surface area contributed by atoms with Crippen LogP contribution in [0.3, 0.4) is 0 Å². The van der Waals surface area contributed by atoms with Crippen molar-refractivity contribution in [2.75, 3.05) is 26.5 Å². The summed E-state index contributed by atoms with van der Waals surface area (Å²) in [7, 11) is 5.63. The molecule has 2 aromatic rings. The van der Waals surface area contributed by atoms with Crippen molar-refractivity contribution in [1.29, 1.82) is 0 Å². The Morgan fingerprint density at radius 2 is 2.15 bits per heavy atom. The van der Waals surface area contributed by atoms with Crippen molar-refractivity contribution in [2.24, 2.45) is 0 Å². The molecule has 2 rings (SSSR count). The normalized spacial score (nSPS) is 11.1. The van der Waals surface area contributed by atoms with E-state index in [-0.39, 0.29) is 5.91 Å². The molecule has 0 aliphatic rings. The van der Waals surface area contributed by atoms with Crippen molar-refractivity contribution in [3.05, 3.63) is 59.4 Å². The highest BCUT2D eigenvalue weighted by molar-refractivity contribution is 5.92. The Morgan fingerprint density at radius 3 is 2.78 bits per heavy atom. The third-order valence-electron chi connectivity index (χ3n) is 4.23. The summed E-state index contributed by atoms with van der Waals surface area (Å²) in [6.45, 7) is 6.60. The first-order valence-corrected chi connectivity index (χ1v) is 9.05. The molecule has 5 nitrogen and oxygen atoms in total. The van der Waals surface area contributed by atoms with E-state index in [4.69, 9.17) is 4.74 Å². The van der Waals surface area contributed by atoms with E-state index in [9.17, 15) is 4.79 Å². The average molecular weight is 367 g/mol. The number of aromatic nitrogens is 1. The number of ether oxygens (including phenoxy) is 1. The van der Waals surface area contributed by atoms with Crippen LogP contribution < -0.4 is 10.1 Å². The van der Waals surface area contributed by atoms with Gasteiger partial charge in [0.2, 0.25) is 5.91 Å². The first kappa shape index (κ1) is 20.5. The number of hydrogen-bond acceptors (Lipinski definition) is 3. The number of methoxy groups -OCH3 is 1. The summed E-state index contributed by atoms with van der Waals surface area (Å²) in [5.74, 6) is 0.624. The number of aryl methyl sites for hydroxylation is 1. The van der Waals surface area contributed by atoms with E-state index in [0.717, 1.165) is 28.9 Å². The number of H-pyrrole nitrogens is 1. The largest absolute Gasteiger partial charge is 0.495 e. The fourth-order valence-electron chi connectivity index (χ4n) is 3.01. The summed E-state index contributed by atoms with van der Waals surface area (Å²) in [4.78, 5) is 17.8. The molecule has 2 N–H and O–H groups in total. The second-order valence-electron chi connectivity index (χ2n) is 6.67. The van der Waals surface area contributed by atoms with Gasteiger partial charge in [-0.1, -0.05) is 24.8 Å². The summed E-state index contributed by atoms with van der Waals surface area (Å²) in [5.41, 5.74) is 4.99. The molecule has 0 saturated heterocycles. The number of aromatic amines is 1. The van der Waals surface area contributed by atoms with Crippen LogP contribution >= 0.6 is 0 Å². The van der Waals surface area contributed by atoms with Crippen LogP contribution in [0.2, 0.25) is 0 Å². The van der Waals surface area contributed by atoms with Gasteiger partial charge in [-0.25, -0.2) is 0 Å². The quantitative estimate of drug-likeness (QED) is 0.693. The summed E-state index contributed by atoms with van der Waals surface area (Å²) in [6, 6.07) is 5.86. The zero-order chi connectivity index (χ0) is 19.8. The first-order valence-electron chi connectivity index (χ1n) is 9.05. The molecule has 0 spiro atoms. The predicted molar refractivity (Wildman–Crippen MR) is 113 cm³/mol. The lowest BCUT2D eigenvalue weighted by Crippen LogP contribution is -2.15. The van der Waals surface area contributed by atoms with E-state index >= 15 is 0 Å². The molecule has 0 bridgehead atoms. The lowest BCUT2D eigenvalue weighted by Gasteiger charge is -2.14. The lowest BCUT2D eigenvalue weighted by molar-refractivity contribution is -0.116. The second-order valence-corrected chi connectivity index (χ2v) is 6.67. The molecule has 0 aliphatic carbocycles. The maximum atomic E-state index is 12.5. The zero-order valence-electron chi connectivity index (χ0n) is 16.6. The number of allylic oxidation sites excluding steroid dienone is 1. The van der Waals surface area contributed by atoms with E-state index in [1.54, 1.807) is 13.2 Å². The monoisotopic (exact) mass is 367 g/mol. The van der Waals surface area contributed by atoms with Crippen LogP contribution in [0.15, 0.2) is 37.1 Å². The average Bonchev–Trinajstić information content (AvgIpc) is 3.02. The molecule has 0 saturated carbocycles. The van der Waals surface area contributed by atoms with E-state index in [2.05, 4.69) is 21.8 Å². The van der Waals surface area contributed by atoms with Gasteiger partial charge >= 0.3 is 0 Å². The standard InChI is InChI=1S/C22H29N3O2/c1-6-8-18-17(14-23-19(18)7-2)10-12-22(26)24-20-13-16(15-25(3)4)9-11-21(20)27-5/h6-9,11,13-14,23H,2,10,12,15H2,1,3-5H3,(H,24,26)/b8-6-. The van der Waals surface area contributed by atoms with Gasteiger partial charge in [-0.2, -0.15) is 0 Å². The minimum absolute atomic E-state index is 0.0388. The Morgan fingerprint density at radius 1 is 1.37 bits per heavy atom. The Balaban J connectivity index is 2.08. The SMILES string of the molecule is C=Cc1[nH]cc(CCC(=O)Nc2cc(CN(C)C)ccc2OC)c1/C=C\C. The number of anilines is 1. The van der Waals surface area contributed by atoms with Gasteiger partial charge in [0.1, 0.15) is 5.75 Å². The van der Waals surface area contributed by atoms with Gasteiger partial charge in [-0.15, -0.1) is 0 Å². The summed E-state index contributed by atoms with van der Waals surface area (Å²) in [6.07, 6.45) is 8.79. The molecule has 144 valence electrons. The van der Waals surface area contributed by atoms with Crippen molar-refractivity contribution in [3.63, 3.8) is 0 Å². The van der Waals surface area contributed by atoms with Gasteiger partial charge in [0, 0.05) is 30.4 Å². The van der Waals surface area contributed by atoms with Crippen molar-refractivity contribution in [2.45, 2.75) is 26.3 Å². The molecular formula is C22H29N3O2. The van der Waals surface area contributed by atoms with Crippen LogP contribution in [-0.2, 0) is 17.8 Å². The van der Waals surface area contributed by atoms with Crippen LogP contribution in [0.5, 0.6) is 5.75 Å². The van der Waals surface area contributed by atoms with Crippen LogP contribution in [0.1, 0.15) is 35.7 Å². The third-order valence-corrected chi connectivity index (χ3v) is 4.23. The predicted octanol–water partition coefficient (Wildman–Crippen LogP) is 4.33. The number of amides is 1. The van der Waals surface area contributed by atoms with E-state index < -0.39 is 0 Å². The highest BCUT2D eigenvalue weighted by Gasteiger charge is 2.12. The molecule has 0 atom stereocenters. The number of carbonyl (C=O) groups is 1. The fourth-order valence-corrected chi connectivity index (χ4v) is 3.01. The minimum atomic E-state index is -0.0388. The summed E-state index contributed by atoms with van der Waals surface area (Å²) in [5, 5.41) is 2.99. The van der Waals surface area contributed by atoms with Gasteiger partial charge in [-0.3, -0.25) is 4.79 Å². The molecular weight excluding hydrogens is 338 g/mol. The van der Waals surface area contributed by atoms with Crippen LogP contribution in [0.25, 0.3) is 12.2 Å². The van der Waals surface area contributed by atoms with E-state index in [1.807, 2.05) is 57.6 Å². The van der Waals surface area contributed by atoms with Crippen molar-refractivity contribution < 1.29 is 9.53 Å². The first-order chi connectivity index (χ1) is 13.0. The topological polar surface area (TPSA) is 57.4 Å². The third kappa shape index (κ3) is 5.59. The number of hydrogen-bond donors (Lipinski definition) is 2. The molecule has 0 fully saturated rings. The number of nitrogens with zero attached hydrogens (tertiary/aromatic N) is 1. The van der Waals surface area contributed by atoms with Crippen molar-refractivity contribution in [3.8, 4) is 5.75 Å². The smallest absolute Gasteiger partial charge is 0.224 e. The molecule has 1 aromatic carbocycles. The number of benzene rings is 1. The van der Waals surface area contributed by atoms with Crippen molar-refractivity contribution in [1.82, 2.24) is 9.88 Å². The Hall–Kier alpha value is -2.79. The Kier molecular flexibility index (Phi) is 7.44. The molecule has 0 aliphatic heterocycles. The lowest BCUT2D eigenvalue weighted by atomic mass is 10.1. The van der Waals surface area contributed by atoms with Gasteiger partial charge in [0.15, 0.2) is 0 Å². The van der Waals surface area contributed by atoms with Gasteiger partial charge in [-0.05, 0) is 56.8 Å². The summed E-state index contributed by atoms with van der Waals surface area (Å²) < 4.78 is 5.38. The van der Waals surface area contributed by atoms with E-state index in [0.29, 0.717) is 24.3 Å². The summed E-state index contributed by atoms with van der Waals surface area (Å²) >= 11 is 0. The molecule has 0 radical (unpaired) electrons. The maximum absolute atomic E-state index is 12.5. The van der Waals surface area contributed by atoms with Crippen molar-refractivity contribution >= 4 is 23.7 Å². The van der Waals surface area contributed by atoms with Gasteiger partial charge in [0.25, 0.3) is 0 Å². The molecule has 0 unspecified atom stereocenters. The van der Waals surface area contributed by atoms with E-state index in [1.165, 1.54) is 0 Å². The van der Waals surface area contributed by atoms with Crippen LogP contribution in [0, 0.1) is 0 Å². The molecule has 27 heavy (non-hydrogen) atoms. The minimum Gasteiger partial charge on any atom is -0.495 e. The van der Waals surface area contributed by atoms with Gasteiger partial charge in [0.05, 0.1) is 12.8 Å². The molecule has 5 heteroatoms.